The normalized spacial score (nSPS) is 21.9. The molecule has 26 heavy (non-hydrogen) atoms. The molecule has 0 radical (unpaired) electrons. The topological polar surface area (TPSA) is 24.8 Å². The van der Waals surface area contributed by atoms with E-state index in [1.807, 2.05) is 0 Å². The van der Waals surface area contributed by atoms with Crippen LogP contribution in [0.3, 0.4) is 0 Å². The van der Waals surface area contributed by atoms with Gasteiger partial charge in [0.1, 0.15) is 5.71 Å². The molecule has 1 unspecified atom stereocenters. The number of anilines is 1. The monoisotopic (exact) mass is 450 g/mol. The second-order valence-electron chi connectivity index (χ2n) is 8.23. The highest BCUT2D eigenvalue weighted by atomic mass is 79.9. The maximum Gasteiger partial charge on any atom is 0.431 e. The zero-order valence-electron chi connectivity index (χ0n) is 16.0. The van der Waals surface area contributed by atoms with Crippen LogP contribution >= 0.6 is 15.9 Å². The molecule has 2 rings (SSSR count). The predicted molar refractivity (Wildman–Crippen MR) is 106 cm³/mol. The Labute approximate surface area is 162 Å². The van der Waals surface area contributed by atoms with E-state index in [1.54, 1.807) is 31.2 Å². The third kappa shape index (κ3) is 4.51. The van der Waals surface area contributed by atoms with E-state index in [0.717, 1.165) is 4.47 Å². The number of hydrogen-bond donors (Lipinski definition) is 0. The number of rotatable bonds is 4. The van der Waals surface area contributed by atoms with Crippen molar-refractivity contribution in [2.24, 2.45) is 11.0 Å². The van der Waals surface area contributed by atoms with Gasteiger partial charge in [-0.3, -0.25) is 5.01 Å². The molecule has 1 aliphatic rings. The minimum atomic E-state index is -4.45. The van der Waals surface area contributed by atoms with Gasteiger partial charge in [-0.25, -0.2) is 0 Å². The van der Waals surface area contributed by atoms with Gasteiger partial charge in [-0.05, 0) is 42.4 Å². The molecule has 0 saturated carbocycles. The van der Waals surface area contributed by atoms with E-state index in [4.69, 9.17) is 4.43 Å². The van der Waals surface area contributed by atoms with Crippen LogP contribution in [0.2, 0.25) is 18.1 Å². The summed E-state index contributed by atoms with van der Waals surface area (Å²) in [6, 6.07) is 6.64. The lowest BCUT2D eigenvalue weighted by molar-refractivity contribution is -0.0621. The van der Waals surface area contributed by atoms with Gasteiger partial charge >= 0.3 is 6.18 Å². The quantitative estimate of drug-likeness (QED) is 0.508. The predicted octanol–water partition coefficient (Wildman–Crippen LogP) is 6.21. The number of hydrazone groups is 1. The Balaban J connectivity index is 2.31. The fourth-order valence-electron chi connectivity index (χ4n) is 2.56. The summed E-state index contributed by atoms with van der Waals surface area (Å²) < 4.78 is 47.3. The molecule has 0 aliphatic carbocycles. The molecule has 0 spiro atoms. The van der Waals surface area contributed by atoms with E-state index in [9.17, 15) is 13.2 Å². The minimum Gasteiger partial charge on any atom is -0.415 e. The van der Waals surface area contributed by atoms with E-state index in [2.05, 4.69) is 54.9 Å². The molecule has 1 aromatic rings. The van der Waals surface area contributed by atoms with Gasteiger partial charge in [0.05, 0.1) is 18.3 Å². The van der Waals surface area contributed by atoms with E-state index >= 15 is 0 Å². The first-order valence-electron chi connectivity index (χ1n) is 8.58. The molecule has 0 N–H and O–H groups in total. The zero-order chi connectivity index (χ0) is 19.9. The van der Waals surface area contributed by atoms with Crippen molar-refractivity contribution >= 4 is 35.6 Å². The van der Waals surface area contributed by atoms with Crippen molar-refractivity contribution < 1.29 is 17.6 Å². The summed E-state index contributed by atoms with van der Waals surface area (Å²) in [6.45, 7) is 12.3. The maximum absolute atomic E-state index is 13.4. The molecule has 146 valence electrons. The highest BCUT2D eigenvalue weighted by molar-refractivity contribution is 9.10. The molecule has 3 nitrogen and oxygen atoms in total. The van der Waals surface area contributed by atoms with Crippen molar-refractivity contribution in [1.29, 1.82) is 0 Å². The number of nitrogens with zero attached hydrogens (tertiary/aromatic N) is 2. The molecule has 0 bridgehead atoms. The van der Waals surface area contributed by atoms with Gasteiger partial charge < -0.3 is 4.43 Å². The molecule has 0 fully saturated rings. The van der Waals surface area contributed by atoms with E-state index in [0.29, 0.717) is 5.69 Å². The average Bonchev–Trinajstić information content (AvgIpc) is 2.82. The van der Waals surface area contributed by atoms with Gasteiger partial charge in [0.15, 0.2) is 8.32 Å². The maximum atomic E-state index is 13.4. The summed E-state index contributed by atoms with van der Waals surface area (Å²) in [7, 11) is -2.08. The first-order chi connectivity index (χ1) is 11.7. The Morgan fingerprint density at radius 3 is 2.15 bits per heavy atom. The third-order valence-corrected chi connectivity index (χ3v) is 10.4. The van der Waals surface area contributed by atoms with E-state index in [1.165, 1.54) is 5.01 Å². The standard InChI is InChI=1S/C18H26BrF3N2OSi/c1-12-15(11-25-26(5,6)17(2,3)4)24(23-16(12)18(20,21)22)14-9-7-13(19)8-10-14/h7-10,12,15H,11H2,1-6H3/t12-,15?/m0/s1. The first kappa shape index (κ1) is 21.4. The van der Waals surface area contributed by atoms with Crippen molar-refractivity contribution in [3.05, 3.63) is 28.7 Å². The van der Waals surface area contributed by atoms with Crippen LogP contribution in [-0.4, -0.2) is 32.9 Å². The van der Waals surface area contributed by atoms with Crippen LogP contribution in [0.5, 0.6) is 0 Å². The largest absolute Gasteiger partial charge is 0.431 e. The second-order valence-corrected chi connectivity index (χ2v) is 14.0. The number of alkyl halides is 3. The van der Waals surface area contributed by atoms with Gasteiger partial charge in [-0.2, -0.15) is 18.3 Å². The highest BCUT2D eigenvalue weighted by Crippen LogP contribution is 2.39. The number of benzene rings is 1. The molecule has 1 aliphatic heterocycles. The fraction of sp³-hybridized carbons (Fsp3) is 0.611. The molecular weight excluding hydrogens is 425 g/mol. The molecule has 8 heteroatoms. The summed E-state index contributed by atoms with van der Waals surface area (Å²) in [4.78, 5) is 0. The smallest absolute Gasteiger partial charge is 0.415 e. The molecule has 1 aromatic carbocycles. The van der Waals surface area contributed by atoms with Crippen molar-refractivity contribution in [2.75, 3.05) is 11.6 Å². The molecular formula is C18H26BrF3N2OSi. The average molecular weight is 451 g/mol. The molecule has 2 atom stereocenters. The first-order valence-corrected chi connectivity index (χ1v) is 12.3. The van der Waals surface area contributed by atoms with Crippen LogP contribution in [0.15, 0.2) is 33.8 Å². The summed E-state index contributed by atoms with van der Waals surface area (Å²) in [5, 5.41) is 5.39. The van der Waals surface area contributed by atoms with E-state index in [-0.39, 0.29) is 11.6 Å². The second kappa shape index (κ2) is 7.28. The van der Waals surface area contributed by atoms with Gasteiger partial charge in [0, 0.05) is 10.4 Å². The van der Waals surface area contributed by atoms with E-state index < -0.39 is 32.2 Å². The number of halogens is 4. The Hall–Kier alpha value is -0.863. The highest BCUT2D eigenvalue weighted by Gasteiger charge is 2.49. The molecule has 1 heterocycles. The fourth-order valence-corrected chi connectivity index (χ4v) is 3.84. The van der Waals surface area contributed by atoms with Crippen LogP contribution < -0.4 is 5.01 Å². The Kier molecular flexibility index (Phi) is 6.00. The molecule has 0 amide bonds. The van der Waals surface area contributed by atoms with Crippen LogP contribution in [0, 0.1) is 5.92 Å². The summed E-state index contributed by atoms with van der Waals surface area (Å²) in [5.41, 5.74) is -0.118. The zero-order valence-corrected chi connectivity index (χ0v) is 18.6. The number of hydrogen-bond acceptors (Lipinski definition) is 3. The lowest BCUT2D eigenvalue weighted by Gasteiger charge is -2.38. The Bertz CT molecular complexity index is 668. The van der Waals surface area contributed by atoms with Crippen molar-refractivity contribution in [2.45, 2.75) is 58.0 Å². The van der Waals surface area contributed by atoms with Crippen LogP contribution in [0.1, 0.15) is 27.7 Å². The van der Waals surface area contributed by atoms with Gasteiger partial charge in [0.25, 0.3) is 0 Å². The van der Waals surface area contributed by atoms with Crippen LogP contribution in [0.4, 0.5) is 18.9 Å². The summed E-state index contributed by atoms with van der Waals surface area (Å²) in [5.74, 6) is -0.761. The lowest BCUT2D eigenvalue weighted by atomic mass is 9.98. The van der Waals surface area contributed by atoms with Crippen molar-refractivity contribution in [3.8, 4) is 0 Å². The summed E-state index contributed by atoms with van der Waals surface area (Å²) >= 11 is 3.35. The van der Waals surface area contributed by atoms with Crippen molar-refractivity contribution in [3.63, 3.8) is 0 Å². The minimum absolute atomic E-state index is 0.00893. The third-order valence-electron chi connectivity index (χ3n) is 5.34. The van der Waals surface area contributed by atoms with Gasteiger partial charge in [0.2, 0.25) is 0 Å². The van der Waals surface area contributed by atoms with Gasteiger partial charge in [-0.15, -0.1) is 0 Å². The Morgan fingerprint density at radius 1 is 1.15 bits per heavy atom. The van der Waals surface area contributed by atoms with Crippen molar-refractivity contribution in [1.82, 2.24) is 0 Å². The molecule has 0 saturated heterocycles. The molecule has 0 aromatic heterocycles. The lowest BCUT2D eigenvalue weighted by Crippen LogP contribution is -2.46. The van der Waals surface area contributed by atoms with Gasteiger partial charge in [-0.1, -0.05) is 43.6 Å². The van der Waals surface area contributed by atoms with Crippen LogP contribution in [-0.2, 0) is 4.43 Å². The van der Waals surface area contributed by atoms with Crippen LogP contribution in [0.25, 0.3) is 0 Å². The SMILES string of the molecule is C[C@@H]1C(C(F)(F)F)=NN(c2ccc(Br)cc2)C1CO[Si](C)(C)C(C)(C)C. The Morgan fingerprint density at radius 2 is 1.69 bits per heavy atom. The summed E-state index contributed by atoms with van der Waals surface area (Å²) in [6.07, 6.45) is -4.45.